The number of ketones is 1. The van der Waals surface area contributed by atoms with Gasteiger partial charge in [0.25, 0.3) is 0 Å². The maximum atomic E-state index is 13.4. The SMILES string of the molecule is CC[SiH](O[C@H](CC(C)(C)C(=O)[C@H](C)C[C@@H](C)CCC/C(C)=C/C[C@H](O)/C(C)=C/c1csc(C)n1)C(=O)O)C(C)(C)C. The van der Waals surface area contributed by atoms with E-state index in [0.29, 0.717) is 12.3 Å². The molecule has 1 aromatic heterocycles. The number of carboxylic acid groups (broad SMARTS) is 1. The molecule has 0 saturated heterocycles. The fourth-order valence-electron chi connectivity index (χ4n) is 5.47. The van der Waals surface area contributed by atoms with E-state index in [1.807, 2.05) is 46.1 Å². The Labute approximate surface area is 255 Å². The molecule has 1 unspecified atom stereocenters. The molecule has 234 valence electrons. The van der Waals surface area contributed by atoms with Crippen molar-refractivity contribution in [3.05, 3.63) is 33.3 Å². The molecule has 0 aromatic carbocycles. The Morgan fingerprint density at radius 1 is 1.17 bits per heavy atom. The predicted octanol–water partition coefficient (Wildman–Crippen LogP) is 8.38. The Kier molecular flexibility index (Phi) is 15.4. The first-order valence-electron chi connectivity index (χ1n) is 15.2. The lowest BCUT2D eigenvalue weighted by atomic mass is 9.75. The highest BCUT2D eigenvalue weighted by Gasteiger charge is 2.39. The summed E-state index contributed by atoms with van der Waals surface area (Å²) in [4.78, 5) is 29.9. The van der Waals surface area contributed by atoms with Crippen LogP contribution in [0.1, 0.15) is 118 Å². The molecule has 0 spiro atoms. The van der Waals surface area contributed by atoms with Crippen LogP contribution in [0.2, 0.25) is 11.1 Å². The molecule has 0 bridgehead atoms. The number of hydrogen-bond donors (Lipinski definition) is 2. The van der Waals surface area contributed by atoms with Gasteiger partial charge in [-0.05, 0) is 81.5 Å². The van der Waals surface area contributed by atoms with E-state index in [9.17, 15) is 19.8 Å². The van der Waals surface area contributed by atoms with Gasteiger partial charge in [0.05, 0.1) is 16.8 Å². The lowest BCUT2D eigenvalue weighted by molar-refractivity contribution is -0.148. The smallest absolute Gasteiger partial charge is 0.331 e. The first-order chi connectivity index (χ1) is 18.9. The number of Topliss-reactive ketones (excluding diaryl/α,β-unsaturated/α-hetero) is 1. The summed E-state index contributed by atoms with van der Waals surface area (Å²) < 4.78 is 6.18. The molecule has 1 heterocycles. The molecule has 8 heteroatoms. The van der Waals surface area contributed by atoms with E-state index in [0.717, 1.165) is 48.0 Å². The third-order valence-corrected chi connectivity index (χ3v) is 12.1. The second kappa shape index (κ2) is 16.9. The van der Waals surface area contributed by atoms with Gasteiger partial charge >= 0.3 is 5.97 Å². The van der Waals surface area contributed by atoms with Crippen molar-refractivity contribution < 1.29 is 24.2 Å². The van der Waals surface area contributed by atoms with Crippen LogP contribution in [0.4, 0.5) is 0 Å². The first-order valence-corrected chi connectivity index (χ1v) is 18.0. The molecule has 0 aliphatic rings. The van der Waals surface area contributed by atoms with E-state index in [4.69, 9.17) is 4.43 Å². The van der Waals surface area contributed by atoms with Crippen LogP contribution in [-0.2, 0) is 14.0 Å². The number of nitrogens with zero attached hydrogens (tertiary/aromatic N) is 1. The molecular weight excluding hydrogens is 551 g/mol. The Bertz CT molecular complexity index is 1040. The highest BCUT2D eigenvalue weighted by atomic mass is 32.1. The van der Waals surface area contributed by atoms with Gasteiger partial charge in [-0.15, -0.1) is 11.3 Å². The molecular formula is C33H57NO5SSi. The van der Waals surface area contributed by atoms with Crippen molar-refractivity contribution in [3.8, 4) is 0 Å². The van der Waals surface area contributed by atoms with Crippen LogP contribution < -0.4 is 0 Å². The number of aliphatic carboxylic acids is 1. The van der Waals surface area contributed by atoms with Gasteiger partial charge in [-0.3, -0.25) is 4.79 Å². The van der Waals surface area contributed by atoms with E-state index in [1.165, 1.54) is 5.57 Å². The molecule has 2 N–H and O–H groups in total. The number of aliphatic hydroxyl groups excluding tert-OH is 1. The highest BCUT2D eigenvalue weighted by molar-refractivity contribution is 7.09. The summed E-state index contributed by atoms with van der Waals surface area (Å²) in [5, 5.41) is 23.4. The van der Waals surface area contributed by atoms with Crippen molar-refractivity contribution in [1.29, 1.82) is 0 Å². The minimum atomic E-state index is -1.75. The fourth-order valence-corrected chi connectivity index (χ4v) is 8.48. The number of carboxylic acids is 1. The molecule has 0 aliphatic heterocycles. The molecule has 0 radical (unpaired) electrons. The lowest BCUT2D eigenvalue weighted by Gasteiger charge is -2.34. The van der Waals surface area contributed by atoms with Crippen molar-refractivity contribution in [2.45, 2.75) is 138 Å². The van der Waals surface area contributed by atoms with Crippen molar-refractivity contribution >= 4 is 38.2 Å². The van der Waals surface area contributed by atoms with Gasteiger partial charge in [0.15, 0.2) is 9.04 Å². The molecule has 1 aromatic rings. The van der Waals surface area contributed by atoms with Crippen LogP contribution in [0.25, 0.3) is 6.08 Å². The summed E-state index contributed by atoms with van der Waals surface area (Å²) in [5.74, 6) is -0.608. The third kappa shape index (κ3) is 13.5. The van der Waals surface area contributed by atoms with Gasteiger partial charge in [-0.1, -0.05) is 73.5 Å². The molecule has 0 fully saturated rings. The topological polar surface area (TPSA) is 96.7 Å². The number of hydrogen-bond acceptors (Lipinski definition) is 6. The standard InChI is InChI=1S/C33H57NO5SSi/c1-12-41(32(7,8)9)39-29(31(37)38)20-33(10,11)30(36)25(5)18-23(3)15-13-14-22(2)16-17-28(35)24(4)19-27-21-40-26(6)34-27/h16,19,21,23,25,28-29,35,41H,12-15,17-18,20H2,1-11H3,(H,37,38)/b22-16+,24-19+/t23-,25+,28-,29+,41?/m0/s1. The van der Waals surface area contributed by atoms with E-state index < -0.39 is 32.6 Å². The normalized spacial score (nSPS) is 17.2. The average molecular weight is 608 g/mol. The predicted molar refractivity (Wildman–Crippen MR) is 175 cm³/mol. The van der Waals surface area contributed by atoms with Crippen LogP contribution >= 0.6 is 11.3 Å². The molecule has 41 heavy (non-hydrogen) atoms. The van der Waals surface area contributed by atoms with Crippen LogP contribution in [0.15, 0.2) is 22.6 Å². The van der Waals surface area contributed by atoms with Gasteiger partial charge in [0.1, 0.15) is 11.9 Å². The minimum Gasteiger partial charge on any atom is -0.479 e. The van der Waals surface area contributed by atoms with Gasteiger partial charge in [-0.2, -0.15) is 0 Å². The summed E-state index contributed by atoms with van der Waals surface area (Å²) in [6.07, 6.45) is 7.20. The molecule has 5 atom stereocenters. The number of aliphatic hydroxyl groups is 1. The van der Waals surface area contributed by atoms with Crippen molar-refractivity contribution in [3.63, 3.8) is 0 Å². The quantitative estimate of drug-likeness (QED) is 0.129. The number of aromatic nitrogens is 1. The van der Waals surface area contributed by atoms with Gasteiger partial charge in [-0.25, -0.2) is 9.78 Å². The second-order valence-electron chi connectivity index (χ2n) is 13.8. The Morgan fingerprint density at radius 3 is 2.32 bits per heavy atom. The maximum Gasteiger partial charge on any atom is 0.331 e. The molecule has 0 saturated carbocycles. The largest absolute Gasteiger partial charge is 0.479 e. The van der Waals surface area contributed by atoms with Crippen molar-refractivity contribution in [2.75, 3.05) is 0 Å². The lowest BCUT2D eigenvalue weighted by Crippen LogP contribution is -2.42. The molecule has 0 aliphatic carbocycles. The van der Waals surface area contributed by atoms with Crippen LogP contribution in [0, 0.1) is 24.2 Å². The monoisotopic (exact) mass is 607 g/mol. The first kappa shape index (κ1) is 37.4. The summed E-state index contributed by atoms with van der Waals surface area (Å²) in [5.41, 5.74) is 2.31. The van der Waals surface area contributed by atoms with Crippen LogP contribution in [0.5, 0.6) is 0 Å². The van der Waals surface area contributed by atoms with E-state index in [1.54, 1.807) is 11.3 Å². The Balaban J connectivity index is 2.58. The van der Waals surface area contributed by atoms with Gasteiger partial charge in [0.2, 0.25) is 0 Å². The van der Waals surface area contributed by atoms with E-state index >= 15 is 0 Å². The molecule has 1 rings (SSSR count). The summed E-state index contributed by atoms with van der Waals surface area (Å²) >= 11 is 1.61. The number of carbonyl (C=O) groups is 2. The van der Waals surface area contributed by atoms with Crippen LogP contribution in [-0.4, -0.2) is 48.2 Å². The number of carbonyl (C=O) groups excluding carboxylic acids is 1. The van der Waals surface area contributed by atoms with Gasteiger partial charge < -0.3 is 14.6 Å². The average Bonchev–Trinajstić information content (AvgIpc) is 3.27. The zero-order valence-corrected chi connectivity index (χ0v) is 29.5. The van der Waals surface area contributed by atoms with Crippen molar-refractivity contribution in [2.24, 2.45) is 17.3 Å². The minimum absolute atomic E-state index is 0.0379. The van der Waals surface area contributed by atoms with E-state index in [-0.39, 0.29) is 23.2 Å². The highest BCUT2D eigenvalue weighted by Crippen LogP contribution is 2.35. The van der Waals surface area contributed by atoms with Crippen LogP contribution in [0.3, 0.4) is 0 Å². The number of thiazole rings is 1. The second-order valence-corrected chi connectivity index (χ2v) is 18.7. The van der Waals surface area contributed by atoms with E-state index in [2.05, 4.69) is 52.6 Å². The zero-order valence-electron chi connectivity index (χ0n) is 27.5. The molecule has 6 nitrogen and oxygen atoms in total. The Hall–Kier alpha value is -1.61. The summed E-state index contributed by atoms with van der Waals surface area (Å²) in [6, 6.07) is 0.856. The summed E-state index contributed by atoms with van der Waals surface area (Å²) in [6.45, 7) is 22.3. The number of allylic oxidation sites excluding steroid dienone is 1. The third-order valence-electron chi connectivity index (χ3n) is 8.00. The number of rotatable bonds is 18. The molecule has 0 amide bonds. The maximum absolute atomic E-state index is 13.4. The summed E-state index contributed by atoms with van der Waals surface area (Å²) in [7, 11) is -1.75. The van der Waals surface area contributed by atoms with Gasteiger partial charge in [0, 0.05) is 16.7 Å². The zero-order chi connectivity index (χ0) is 31.5. The Morgan fingerprint density at radius 2 is 1.80 bits per heavy atom. The fraction of sp³-hybridized carbons (Fsp3) is 0.727. The van der Waals surface area contributed by atoms with Crippen molar-refractivity contribution in [1.82, 2.24) is 4.98 Å². The number of aryl methyl sites for hydroxylation is 1.